The van der Waals surface area contributed by atoms with Crippen molar-refractivity contribution in [3.8, 4) is 11.6 Å². The predicted octanol–water partition coefficient (Wildman–Crippen LogP) is 4.29. The SMILES string of the molecule is CN1CCN(C2Cc3ccccc3Sc3ccc(Oc4ccccn4)cc32)CC1.O=C(O)/C=C/C(=O)O.O=C(O)/C=C/C(=O)O. The molecule has 0 saturated carbocycles. The van der Waals surface area contributed by atoms with Gasteiger partial charge in [0.2, 0.25) is 5.88 Å². The highest BCUT2D eigenvalue weighted by atomic mass is 32.2. The Labute approximate surface area is 263 Å². The number of aromatic nitrogens is 1. The maximum absolute atomic E-state index is 9.55. The summed E-state index contributed by atoms with van der Waals surface area (Å²) in [7, 11) is 2.21. The van der Waals surface area contributed by atoms with Crippen LogP contribution < -0.4 is 4.74 Å². The van der Waals surface area contributed by atoms with Gasteiger partial charge >= 0.3 is 23.9 Å². The van der Waals surface area contributed by atoms with Gasteiger partial charge in [0.15, 0.2) is 0 Å². The topological polar surface area (TPSA) is 178 Å². The van der Waals surface area contributed by atoms with Gasteiger partial charge in [-0.1, -0.05) is 36.0 Å². The number of benzene rings is 2. The molecule has 5 rings (SSSR count). The third-order valence-corrected chi connectivity index (χ3v) is 7.73. The zero-order valence-corrected chi connectivity index (χ0v) is 25.2. The number of pyridine rings is 1. The summed E-state index contributed by atoms with van der Waals surface area (Å²) in [6.07, 6.45) is 5.03. The number of carboxylic acids is 4. The third kappa shape index (κ3) is 11.9. The first-order chi connectivity index (χ1) is 21.5. The van der Waals surface area contributed by atoms with E-state index in [2.05, 4.69) is 64.3 Å². The van der Waals surface area contributed by atoms with Crippen LogP contribution in [0.3, 0.4) is 0 Å². The highest BCUT2D eigenvalue weighted by molar-refractivity contribution is 7.99. The molecule has 1 saturated heterocycles. The van der Waals surface area contributed by atoms with E-state index in [1.807, 2.05) is 30.0 Å². The maximum atomic E-state index is 9.55. The summed E-state index contributed by atoms with van der Waals surface area (Å²) < 4.78 is 6.07. The average Bonchev–Trinajstić information content (AvgIpc) is 3.17. The van der Waals surface area contributed by atoms with Crippen LogP contribution in [0, 0.1) is 0 Å². The van der Waals surface area contributed by atoms with Crippen LogP contribution in [0.25, 0.3) is 0 Å². The second-order valence-corrected chi connectivity index (χ2v) is 10.8. The summed E-state index contributed by atoms with van der Waals surface area (Å²) in [6.45, 7) is 4.42. The van der Waals surface area contributed by atoms with Crippen molar-refractivity contribution in [2.45, 2.75) is 22.3 Å². The van der Waals surface area contributed by atoms with Crippen LogP contribution in [0.15, 0.2) is 101 Å². The molecule has 12 nitrogen and oxygen atoms in total. The smallest absolute Gasteiger partial charge is 0.328 e. The van der Waals surface area contributed by atoms with Gasteiger partial charge in [0.1, 0.15) is 5.75 Å². The first kappa shape index (κ1) is 34.5. The summed E-state index contributed by atoms with van der Waals surface area (Å²) in [4.78, 5) is 50.3. The zero-order valence-electron chi connectivity index (χ0n) is 24.4. The van der Waals surface area contributed by atoms with Crippen molar-refractivity contribution in [3.63, 3.8) is 0 Å². The molecule has 13 heteroatoms. The van der Waals surface area contributed by atoms with Crippen LogP contribution in [0.2, 0.25) is 0 Å². The van der Waals surface area contributed by atoms with Crippen LogP contribution in [0.5, 0.6) is 11.6 Å². The van der Waals surface area contributed by atoms with Gasteiger partial charge in [-0.25, -0.2) is 24.2 Å². The van der Waals surface area contributed by atoms with E-state index in [0.717, 1.165) is 38.3 Å². The lowest BCUT2D eigenvalue weighted by molar-refractivity contribution is -0.134. The molecule has 2 aliphatic heterocycles. The molecule has 1 aromatic heterocycles. The lowest BCUT2D eigenvalue weighted by Crippen LogP contribution is -2.46. The molecule has 0 radical (unpaired) electrons. The van der Waals surface area contributed by atoms with Crippen molar-refractivity contribution in [2.75, 3.05) is 33.2 Å². The predicted molar refractivity (Wildman–Crippen MR) is 166 cm³/mol. The van der Waals surface area contributed by atoms with Gasteiger partial charge in [0.05, 0.1) is 0 Å². The number of aliphatic carboxylic acids is 4. The van der Waals surface area contributed by atoms with E-state index in [9.17, 15) is 19.2 Å². The summed E-state index contributed by atoms with van der Waals surface area (Å²) in [5, 5.41) is 31.2. The number of carbonyl (C=O) groups is 4. The number of fused-ring (bicyclic) bond motifs is 2. The number of nitrogens with zero attached hydrogens (tertiary/aromatic N) is 3. The molecule has 0 amide bonds. The minimum Gasteiger partial charge on any atom is -0.478 e. The standard InChI is InChI=1S/C24H25N3OS.2C4H4O4/c1-26-12-14-27(15-13-26)21-16-18-6-2-3-7-22(18)29-23-10-9-19(17-20(21)23)28-24-8-4-5-11-25-24;2*5-3(6)1-2-4(7)8/h2-11,17,21H,12-16H2,1H3;2*1-2H,(H,5,6)(H,7,8)/b;2*2-1+. The van der Waals surface area contributed by atoms with Crippen LogP contribution in [-0.4, -0.2) is 92.3 Å². The molecule has 3 aromatic rings. The van der Waals surface area contributed by atoms with Crippen LogP contribution in [0.4, 0.5) is 0 Å². The molecule has 4 N–H and O–H groups in total. The van der Waals surface area contributed by atoms with Crippen molar-refractivity contribution in [1.82, 2.24) is 14.8 Å². The minimum atomic E-state index is -1.26. The summed E-state index contributed by atoms with van der Waals surface area (Å²) in [6, 6.07) is 21.4. The molecule has 45 heavy (non-hydrogen) atoms. The molecule has 0 bridgehead atoms. The van der Waals surface area contributed by atoms with Gasteiger partial charge < -0.3 is 30.1 Å². The van der Waals surface area contributed by atoms with Crippen molar-refractivity contribution < 1.29 is 44.3 Å². The Balaban J connectivity index is 0.000000287. The molecule has 3 heterocycles. The summed E-state index contributed by atoms with van der Waals surface area (Å²) in [5.41, 5.74) is 2.80. The molecule has 1 unspecified atom stereocenters. The first-order valence-electron chi connectivity index (χ1n) is 13.7. The molecule has 2 aromatic carbocycles. The Morgan fingerprint density at radius 1 is 0.778 bits per heavy atom. The summed E-state index contributed by atoms with van der Waals surface area (Å²) >= 11 is 1.88. The maximum Gasteiger partial charge on any atom is 0.328 e. The van der Waals surface area contributed by atoms with E-state index >= 15 is 0 Å². The quantitative estimate of drug-likeness (QED) is 0.271. The minimum absolute atomic E-state index is 0.363. The van der Waals surface area contributed by atoms with E-state index in [4.69, 9.17) is 25.2 Å². The van der Waals surface area contributed by atoms with Crippen LogP contribution in [-0.2, 0) is 25.6 Å². The Morgan fingerprint density at radius 3 is 1.91 bits per heavy atom. The van der Waals surface area contributed by atoms with Crippen LogP contribution in [0.1, 0.15) is 17.2 Å². The second-order valence-electron chi connectivity index (χ2n) is 9.76. The Hall–Kier alpha value is -4.98. The summed E-state index contributed by atoms with van der Waals surface area (Å²) in [5.74, 6) is -3.54. The molecule has 0 spiro atoms. The monoisotopic (exact) mass is 635 g/mol. The Morgan fingerprint density at radius 2 is 1.36 bits per heavy atom. The largest absolute Gasteiger partial charge is 0.478 e. The fourth-order valence-corrected chi connectivity index (χ4v) is 5.54. The van der Waals surface area contributed by atoms with E-state index in [-0.39, 0.29) is 0 Å². The Kier molecular flexibility index (Phi) is 13.3. The van der Waals surface area contributed by atoms with Crippen molar-refractivity contribution >= 4 is 35.6 Å². The molecular weight excluding hydrogens is 602 g/mol. The fourth-order valence-electron chi connectivity index (χ4n) is 4.42. The van der Waals surface area contributed by atoms with Gasteiger partial charge in [-0.05, 0) is 54.9 Å². The number of likely N-dealkylation sites (N-methyl/N-ethyl adjacent to an activating group) is 1. The lowest BCUT2D eigenvalue weighted by Gasteiger charge is -2.38. The van der Waals surface area contributed by atoms with Gasteiger partial charge in [0.25, 0.3) is 0 Å². The number of hydrogen-bond donors (Lipinski definition) is 4. The highest BCUT2D eigenvalue weighted by Crippen LogP contribution is 2.44. The zero-order chi connectivity index (χ0) is 32.8. The van der Waals surface area contributed by atoms with Gasteiger partial charge in [-0.15, -0.1) is 0 Å². The average molecular weight is 636 g/mol. The number of carboxylic acid groups (broad SMARTS) is 4. The highest BCUT2D eigenvalue weighted by Gasteiger charge is 2.29. The van der Waals surface area contributed by atoms with Crippen LogP contribution >= 0.6 is 11.8 Å². The molecular formula is C32H33N3O9S. The normalized spacial score (nSPS) is 16.2. The number of piperazine rings is 1. The molecule has 0 aliphatic carbocycles. The van der Waals surface area contributed by atoms with E-state index in [1.165, 1.54) is 20.9 Å². The lowest BCUT2D eigenvalue weighted by atomic mass is 9.96. The Bertz CT molecular complexity index is 1470. The van der Waals surface area contributed by atoms with E-state index < -0.39 is 23.9 Å². The first-order valence-corrected chi connectivity index (χ1v) is 14.5. The van der Waals surface area contributed by atoms with Crippen molar-refractivity contribution in [3.05, 3.63) is 102 Å². The number of hydrogen-bond acceptors (Lipinski definition) is 9. The fraction of sp³-hybridized carbons (Fsp3) is 0.219. The van der Waals surface area contributed by atoms with Crippen molar-refractivity contribution in [1.29, 1.82) is 0 Å². The molecule has 236 valence electrons. The number of rotatable bonds is 7. The van der Waals surface area contributed by atoms with E-state index in [0.29, 0.717) is 36.2 Å². The van der Waals surface area contributed by atoms with Crippen molar-refractivity contribution in [2.24, 2.45) is 0 Å². The molecule has 1 atom stereocenters. The number of ether oxygens (including phenoxy) is 1. The van der Waals surface area contributed by atoms with E-state index in [1.54, 1.807) is 6.20 Å². The third-order valence-electron chi connectivity index (χ3n) is 6.52. The van der Waals surface area contributed by atoms with Gasteiger partial charge in [0, 0.05) is 78.6 Å². The molecule has 1 fully saturated rings. The molecule has 2 aliphatic rings. The second kappa shape index (κ2) is 17.3. The van der Waals surface area contributed by atoms with Gasteiger partial charge in [-0.3, -0.25) is 4.90 Å². The van der Waals surface area contributed by atoms with Gasteiger partial charge in [-0.2, -0.15) is 0 Å².